The van der Waals surface area contributed by atoms with Crippen molar-refractivity contribution in [2.24, 2.45) is 0 Å². The zero-order valence-corrected chi connectivity index (χ0v) is 17.3. The van der Waals surface area contributed by atoms with Crippen LogP contribution in [0.3, 0.4) is 0 Å². The number of aliphatic hydroxyl groups is 4. The van der Waals surface area contributed by atoms with Gasteiger partial charge in [-0.05, 0) is 18.2 Å². The predicted octanol–water partition coefficient (Wildman–Crippen LogP) is 0.0585. The van der Waals surface area contributed by atoms with Crippen molar-refractivity contribution in [3.05, 3.63) is 46.6 Å². The molecular formula is C22H22O11. The highest BCUT2D eigenvalue weighted by molar-refractivity contribution is 5.86. The van der Waals surface area contributed by atoms with Crippen molar-refractivity contribution >= 4 is 11.0 Å². The first kappa shape index (κ1) is 22.8. The number of aromatic hydroxyl groups is 2. The van der Waals surface area contributed by atoms with Crippen LogP contribution in [-0.2, 0) is 4.74 Å². The number of hydrogen-bond donors (Lipinski definition) is 6. The van der Waals surface area contributed by atoms with E-state index in [0.29, 0.717) is 5.56 Å². The van der Waals surface area contributed by atoms with Gasteiger partial charge in [0.2, 0.25) is 6.29 Å². The van der Waals surface area contributed by atoms with Crippen molar-refractivity contribution < 1.29 is 49.3 Å². The molecule has 0 saturated carbocycles. The molecule has 3 aromatic rings. The Hall–Kier alpha value is -3.35. The van der Waals surface area contributed by atoms with E-state index >= 15 is 0 Å². The summed E-state index contributed by atoms with van der Waals surface area (Å²) in [5, 5.41) is 59.6. The first-order chi connectivity index (χ1) is 15.7. The highest BCUT2D eigenvalue weighted by Gasteiger charge is 2.44. The molecule has 0 spiro atoms. The Morgan fingerprint density at radius 2 is 1.73 bits per heavy atom. The number of fused-ring (bicyclic) bond motifs is 1. The van der Waals surface area contributed by atoms with Gasteiger partial charge in [-0.25, -0.2) is 0 Å². The zero-order valence-electron chi connectivity index (χ0n) is 17.3. The molecule has 1 fully saturated rings. The van der Waals surface area contributed by atoms with Crippen LogP contribution in [0.1, 0.15) is 0 Å². The van der Waals surface area contributed by atoms with Gasteiger partial charge in [0.1, 0.15) is 52.6 Å². The molecule has 0 bridgehead atoms. The molecule has 176 valence electrons. The summed E-state index contributed by atoms with van der Waals surface area (Å²) in [5.41, 5.74) is -0.127. The highest BCUT2D eigenvalue weighted by atomic mass is 16.7. The molecule has 1 aliphatic rings. The predicted molar refractivity (Wildman–Crippen MR) is 112 cm³/mol. The number of phenolic OH excluding ortho intramolecular Hbond substituents is 2. The van der Waals surface area contributed by atoms with Crippen LogP contribution in [0.5, 0.6) is 23.0 Å². The Morgan fingerprint density at radius 1 is 0.970 bits per heavy atom. The number of rotatable bonds is 5. The summed E-state index contributed by atoms with van der Waals surface area (Å²) in [6, 6.07) is 7.90. The number of methoxy groups -OCH3 is 1. The molecule has 6 N–H and O–H groups in total. The van der Waals surface area contributed by atoms with Crippen LogP contribution in [0.2, 0.25) is 0 Å². The van der Waals surface area contributed by atoms with Crippen molar-refractivity contribution in [3.8, 4) is 34.3 Å². The van der Waals surface area contributed by atoms with Gasteiger partial charge in [-0.15, -0.1) is 0 Å². The van der Waals surface area contributed by atoms with Crippen LogP contribution in [0, 0.1) is 0 Å². The molecule has 0 unspecified atom stereocenters. The highest BCUT2D eigenvalue weighted by Crippen LogP contribution is 2.36. The van der Waals surface area contributed by atoms with Gasteiger partial charge in [0.25, 0.3) is 0 Å². The molecule has 5 atom stereocenters. The summed E-state index contributed by atoms with van der Waals surface area (Å²) < 4.78 is 21.5. The van der Waals surface area contributed by atoms with E-state index in [0.717, 1.165) is 6.07 Å². The Morgan fingerprint density at radius 3 is 2.39 bits per heavy atom. The van der Waals surface area contributed by atoms with Crippen molar-refractivity contribution in [2.75, 3.05) is 13.7 Å². The second-order valence-corrected chi connectivity index (χ2v) is 7.49. The molecule has 11 nitrogen and oxygen atoms in total. The van der Waals surface area contributed by atoms with Crippen molar-refractivity contribution in [3.63, 3.8) is 0 Å². The standard InChI is InChI=1S/C22H22O11/c1-30-10-5-12(25)18-13(26)7-15(31-16(18)6-10)9-2-3-14(11(24)4-9)32-22-21(29)20(28)19(27)17(8-23)33-22/h2-7,17,19-25,27-29H,8H2,1H3/t17-,19-,20+,21-,22-/m1/s1. The maximum absolute atomic E-state index is 12.5. The lowest BCUT2D eigenvalue weighted by atomic mass is 9.99. The maximum Gasteiger partial charge on any atom is 0.229 e. The summed E-state index contributed by atoms with van der Waals surface area (Å²) >= 11 is 0. The molecule has 1 aromatic heterocycles. The Kier molecular flexibility index (Phi) is 6.15. The van der Waals surface area contributed by atoms with Crippen LogP contribution < -0.4 is 14.9 Å². The maximum atomic E-state index is 12.5. The van der Waals surface area contributed by atoms with Crippen molar-refractivity contribution in [1.29, 1.82) is 0 Å². The van der Waals surface area contributed by atoms with E-state index in [1.54, 1.807) is 0 Å². The number of hydrogen-bond acceptors (Lipinski definition) is 11. The largest absolute Gasteiger partial charge is 0.507 e. The minimum Gasteiger partial charge on any atom is -0.507 e. The summed E-state index contributed by atoms with van der Waals surface area (Å²) in [5.74, 6) is -0.455. The van der Waals surface area contributed by atoms with Crippen LogP contribution in [-0.4, -0.2) is 75.1 Å². The van der Waals surface area contributed by atoms with Gasteiger partial charge in [0, 0.05) is 23.8 Å². The average molecular weight is 462 g/mol. The minimum absolute atomic E-state index is 0.0219. The Bertz CT molecular complexity index is 1220. The average Bonchev–Trinajstić information content (AvgIpc) is 2.79. The van der Waals surface area contributed by atoms with Crippen LogP contribution >= 0.6 is 0 Å². The Labute approximate surface area is 186 Å². The number of benzene rings is 2. The smallest absolute Gasteiger partial charge is 0.229 e. The van der Waals surface area contributed by atoms with Crippen LogP contribution in [0.25, 0.3) is 22.3 Å². The van der Waals surface area contributed by atoms with Gasteiger partial charge < -0.3 is 49.3 Å². The van der Waals surface area contributed by atoms with E-state index in [-0.39, 0.29) is 34.0 Å². The van der Waals surface area contributed by atoms with Gasteiger partial charge in [0.15, 0.2) is 16.9 Å². The lowest BCUT2D eigenvalue weighted by Crippen LogP contribution is -2.60. The molecule has 33 heavy (non-hydrogen) atoms. The molecule has 0 radical (unpaired) electrons. The zero-order chi connectivity index (χ0) is 23.9. The fourth-order valence-electron chi connectivity index (χ4n) is 3.56. The molecule has 11 heteroatoms. The quantitative estimate of drug-likeness (QED) is 0.302. The van der Waals surface area contributed by atoms with E-state index in [1.165, 1.54) is 37.4 Å². The summed E-state index contributed by atoms with van der Waals surface area (Å²) in [4.78, 5) is 12.5. The second-order valence-electron chi connectivity index (χ2n) is 7.49. The minimum atomic E-state index is -1.65. The molecule has 2 heterocycles. The third-order valence-corrected chi connectivity index (χ3v) is 5.35. The lowest BCUT2D eigenvalue weighted by molar-refractivity contribution is -0.277. The van der Waals surface area contributed by atoms with Crippen LogP contribution in [0.4, 0.5) is 0 Å². The number of phenols is 2. The van der Waals surface area contributed by atoms with E-state index < -0.39 is 48.5 Å². The van der Waals surface area contributed by atoms with Gasteiger partial charge >= 0.3 is 0 Å². The topological polar surface area (TPSA) is 179 Å². The SMILES string of the molecule is COc1cc(O)c2c(=O)cc(-c3ccc(O[C@@H]4O[C@H](CO)[C@@H](O)[C@H](O)[C@H]4O)c(O)c3)oc2c1. The van der Waals surface area contributed by atoms with Gasteiger partial charge in [-0.2, -0.15) is 0 Å². The van der Waals surface area contributed by atoms with Gasteiger partial charge in [-0.3, -0.25) is 4.79 Å². The van der Waals surface area contributed by atoms with Crippen LogP contribution in [0.15, 0.2) is 45.6 Å². The fraction of sp³-hybridized carbons (Fsp3) is 0.318. The van der Waals surface area contributed by atoms with Gasteiger partial charge in [0.05, 0.1) is 13.7 Å². The molecule has 1 aliphatic heterocycles. The molecule has 1 saturated heterocycles. The third kappa shape index (κ3) is 4.19. The molecule has 0 amide bonds. The second kappa shape index (κ2) is 8.89. The van der Waals surface area contributed by atoms with Crippen molar-refractivity contribution in [2.45, 2.75) is 30.7 Å². The third-order valence-electron chi connectivity index (χ3n) is 5.35. The normalized spacial score (nSPS) is 25.2. The van der Waals surface area contributed by atoms with E-state index in [1.807, 2.05) is 0 Å². The Balaban J connectivity index is 1.64. The first-order valence-electron chi connectivity index (χ1n) is 9.89. The number of aliphatic hydroxyl groups excluding tert-OH is 4. The lowest BCUT2D eigenvalue weighted by Gasteiger charge is -2.39. The van der Waals surface area contributed by atoms with E-state index in [2.05, 4.69) is 0 Å². The molecule has 4 rings (SSSR count). The summed E-state index contributed by atoms with van der Waals surface area (Å²) in [7, 11) is 1.40. The van der Waals surface area contributed by atoms with E-state index in [4.69, 9.17) is 18.6 Å². The molecule has 0 aliphatic carbocycles. The molecular weight excluding hydrogens is 440 g/mol. The first-order valence-corrected chi connectivity index (χ1v) is 9.89. The summed E-state index contributed by atoms with van der Waals surface area (Å²) in [6.07, 6.45) is -7.48. The monoisotopic (exact) mass is 462 g/mol. The van der Waals surface area contributed by atoms with Gasteiger partial charge in [-0.1, -0.05) is 0 Å². The summed E-state index contributed by atoms with van der Waals surface area (Å²) in [6.45, 7) is -0.628. The van der Waals surface area contributed by atoms with E-state index in [9.17, 15) is 35.4 Å². The van der Waals surface area contributed by atoms with Crippen molar-refractivity contribution in [1.82, 2.24) is 0 Å². The number of ether oxygens (including phenoxy) is 3. The molecule has 2 aromatic carbocycles. The fourth-order valence-corrected chi connectivity index (χ4v) is 3.56.